The first-order chi connectivity index (χ1) is 9.25. The van der Waals surface area contributed by atoms with Crippen molar-refractivity contribution in [1.29, 1.82) is 0 Å². The highest BCUT2D eigenvalue weighted by atomic mass is 35.5. The summed E-state index contributed by atoms with van der Waals surface area (Å²) in [4.78, 5) is 0. The van der Waals surface area contributed by atoms with Gasteiger partial charge in [-0.15, -0.1) is 0 Å². The second-order valence-electron chi connectivity index (χ2n) is 4.03. The first-order valence-electron chi connectivity index (χ1n) is 5.74. The van der Waals surface area contributed by atoms with Gasteiger partial charge in [0.1, 0.15) is 0 Å². The Balaban J connectivity index is 2.19. The van der Waals surface area contributed by atoms with Gasteiger partial charge >= 0.3 is 0 Å². The summed E-state index contributed by atoms with van der Waals surface area (Å²) in [6, 6.07) is 17.4. The standard InChI is InChI=1S/C14H10ClN3S/c15-11-8-6-10(7-9-11)13-16-17-14(19)18(13)12-4-2-1-3-5-12/h1-9H,(H,17,19). The zero-order valence-electron chi connectivity index (χ0n) is 9.88. The van der Waals surface area contributed by atoms with E-state index in [1.54, 1.807) is 0 Å². The van der Waals surface area contributed by atoms with Crippen LogP contribution in [0, 0.1) is 4.77 Å². The Kier molecular flexibility index (Phi) is 3.19. The van der Waals surface area contributed by atoms with E-state index in [4.69, 9.17) is 23.8 Å². The van der Waals surface area contributed by atoms with Crippen molar-refractivity contribution in [3.05, 3.63) is 64.4 Å². The molecule has 0 aliphatic heterocycles. The minimum atomic E-state index is 0.566. The largest absolute Gasteiger partial charge is 0.268 e. The summed E-state index contributed by atoms with van der Waals surface area (Å²) in [5, 5.41) is 7.82. The van der Waals surface area contributed by atoms with Crippen LogP contribution < -0.4 is 0 Å². The van der Waals surface area contributed by atoms with Gasteiger partial charge in [-0.05, 0) is 48.6 Å². The van der Waals surface area contributed by atoms with Crippen molar-refractivity contribution < 1.29 is 0 Å². The molecule has 1 aromatic heterocycles. The van der Waals surface area contributed by atoms with Crippen LogP contribution in [0.1, 0.15) is 0 Å². The molecule has 0 aliphatic carbocycles. The van der Waals surface area contributed by atoms with Crippen molar-refractivity contribution in [1.82, 2.24) is 14.8 Å². The SMILES string of the molecule is S=c1[nH]nc(-c2ccc(Cl)cc2)n1-c1ccccc1. The molecule has 3 nitrogen and oxygen atoms in total. The molecule has 0 fully saturated rings. The fourth-order valence-electron chi connectivity index (χ4n) is 1.91. The number of nitrogens with zero attached hydrogens (tertiary/aromatic N) is 2. The monoisotopic (exact) mass is 287 g/mol. The second kappa shape index (κ2) is 4.99. The molecule has 0 saturated carbocycles. The smallest absolute Gasteiger partial charge is 0.200 e. The fraction of sp³-hybridized carbons (Fsp3) is 0. The van der Waals surface area contributed by atoms with Crippen molar-refractivity contribution in [2.45, 2.75) is 0 Å². The lowest BCUT2D eigenvalue weighted by Gasteiger charge is -2.06. The second-order valence-corrected chi connectivity index (χ2v) is 4.85. The molecule has 0 aliphatic rings. The summed E-state index contributed by atoms with van der Waals surface area (Å²) in [5.41, 5.74) is 1.94. The molecule has 0 radical (unpaired) electrons. The Morgan fingerprint density at radius 3 is 2.37 bits per heavy atom. The van der Waals surface area contributed by atoms with Gasteiger partial charge in [0.25, 0.3) is 0 Å². The molecule has 3 aromatic rings. The number of benzene rings is 2. The third kappa shape index (κ3) is 2.32. The molecule has 0 saturated heterocycles. The van der Waals surface area contributed by atoms with Crippen LogP contribution in [-0.2, 0) is 0 Å². The van der Waals surface area contributed by atoms with Crippen molar-refractivity contribution >= 4 is 23.8 Å². The molecular formula is C14H10ClN3S. The molecule has 0 spiro atoms. The van der Waals surface area contributed by atoms with E-state index in [-0.39, 0.29) is 0 Å². The van der Waals surface area contributed by atoms with Crippen molar-refractivity contribution in [2.75, 3.05) is 0 Å². The van der Waals surface area contributed by atoms with Gasteiger partial charge < -0.3 is 0 Å². The van der Waals surface area contributed by atoms with Crippen LogP contribution in [0.15, 0.2) is 54.6 Å². The number of rotatable bonds is 2. The quantitative estimate of drug-likeness (QED) is 0.715. The number of hydrogen-bond donors (Lipinski definition) is 1. The maximum absolute atomic E-state index is 5.91. The average molecular weight is 288 g/mol. The van der Waals surface area contributed by atoms with Crippen molar-refractivity contribution in [3.63, 3.8) is 0 Å². The van der Waals surface area contributed by atoms with Crippen LogP contribution in [0.3, 0.4) is 0 Å². The lowest BCUT2D eigenvalue weighted by atomic mass is 10.2. The maximum Gasteiger partial charge on any atom is 0.200 e. The zero-order chi connectivity index (χ0) is 13.2. The van der Waals surface area contributed by atoms with E-state index < -0.39 is 0 Å². The number of para-hydroxylation sites is 1. The van der Waals surface area contributed by atoms with Gasteiger partial charge in [-0.3, -0.25) is 9.67 Å². The topological polar surface area (TPSA) is 33.6 Å². The number of halogens is 1. The van der Waals surface area contributed by atoms with Gasteiger partial charge in [-0.25, -0.2) is 0 Å². The Morgan fingerprint density at radius 2 is 1.68 bits per heavy atom. The van der Waals surface area contributed by atoms with E-state index in [1.807, 2.05) is 59.2 Å². The minimum absolute atomic E-state index is 0.566. The van der Waals surface area contributed by atoms with E-state index in [0.717, 1.165) is 17.1 Å². The van der Waals surface area contributed by atoms with Gasteiger partial charge in [0.05, 0.1) is 0 Å². The summed E-state index contributed by atoms with van der Waals surface area (Å²) in [6.07, 6.45) is 0. The Hall–Kier alpha value is -1.91. The van der Waals surface area contributed by atoms with Crippen LogP contribution in [0.2, 0.25) is 5.02 Å². The van der Waals surface area contributed by atoms with E-state index in [1.165, 1.54) is 0 Å². The lowest BCUT2D eigenvalue weighted by molar-refractivity contribution is 1.04. The first-order valence-corrected chi connectivity index (χ1v) is 6.53. The summed E-state index contributed by atoms with van der Waals surface area (Å²) >= 11 is 11.2. The fourth-order valence-corrected chi connectivity index (χ4v) is 2.27. The number of H-pyrrole nitrogens is 1. The van der Waals surface area contributed by atoms with Crippen LogP contribution in [-0.4, -0.2) is 14.8 Å². The zero-order valence-corrected chi connectivity index (χ0v) is 11.4. The van der Waals surface area contributed by atoms with Gasteiger partial charge in [-0.1, -0.05) is 29.8 Å². The van der Waals surface area contributed by atoms with Crippen LogP contribution >= 0.6 is 23.8 Å². The first kappa shape index (κ1) is 12.1. The minimum Gasteiger partial charge on any atom is -0.268 e. The van der Waals surface area contributed by atoms with E-state index in [9.17, 15) is 0 Å². The van der Waals surface area contributed by atoms with Gasteiger partial charge in [-0.2, -0.15) is 5.10 Å². The number of hydrogen-bond acceptors (Lipinski definition) is 2. The molecule has 94 valence electrons. The van der Waals surface area contributed by atoms with Gasteiger partial charge in [0.2, 0.25) is 0 Å². The molecule has 19 heavy (non-hydrogen) atoms. The highest BCUT2D eigenvalue weighted by molar-refractivity contribution is 7.71. The molecule has 0 bridgehead atoms. The Bertz CT molecular complexity index is 744. The number of aromatic nitrogens is 3. The average Bonchev–Trinajstić information content (AvgIpc) is 2.82. The van der Waals surface area contributed by atoms with Crippen LogP contribution in [0.4, 0.5) is 0 Å². The molecule has 0 amide bonds. The summed E-state index contributed by atoms with van der Waals surface area (Å²) < 4.78 is 2.47. The number of nitrogens with one attached hydrogen (secondary N) is 1. The summed E-state index contributed by atoms with van der Waals surface area (Å²) in [5.74, 6) is 0.771. The highest BCUT2D eigenvalue weighted by Crippen LogP contribution is 2.22. The van der Waals surface area contributed by atoms with Crippen LogP contribution in [0.5, 0.6) is 0 Å². The van der Waals surface area contributed by atoms with Gasteiger partial charge in [0.15, 0.2) is 10.6 Å². The third-order valence-corrected chi connectivity index (χ3v) is 3.31. The predicted octanol–water partition coefficient (Wildman–Crippen LogP) is 4.25. The summed E-state index contributed by atoms with van der Waals surface area (Å²) in [7, 11) is 0. The van der Waals surface area contributed by atoms with Crippen LogP contribution in [0.25, 0.3) is 17.1 Å². The van der Waals surface area contributed by atoms with E-state index >= 15 is 0 Å². The van der Waals surface area contributed by atoms with Crippen molar-refractivity contribution in [2.24, 2.45) is 0 Å². The third-order valence-electron chi connectivity index (χ3n) is 2.79. The Morgan fingerprint density at radius 1 is 1.00 bits per heavy atom. The Labute approximate surface area is 120 Å². The highest BCUT2D eigenvalue weighted by Gasteiger charge is 2.10. The lowest BCUT2D eigenvalue weighted by Crippen LogP contribution is -1.97. The molecular weight excluding hydrogens is 278 g/mol. The van der Waals surface area contributed by atoms with E-state index in [2.05, 4.69) is 10.2 Å². The maximum atomic E-state index is 5.91. The molecule has 5 heteroatoms. The summed E-state index contributed by atoms with van der Waals surface area (Å²) in [6.45, 7) is 0. The molecule has 3 rings (SSSR count). The normalized spacial score (nSPS) is 10.6. The molecule has 0 unspecified atom stereocenters. The molecule has 0 atom stereocenters. The van der Waals surface area contributed by atoms with E-state index in [0.29, 0.717) is 9.79 Å². The molecule has 1 N–H and O–H groups in total. The van der Waals surface area contributed by atoms with Gasteiger partial charge in [0, 0.05) is 16.3 Å². The molecule has 1 heterocycles. The van der Waals surface area contributed by atoms with Crippen molar-refractivity contribution in [3.8, 4) is 17.1 Å². The number of aromatic amines is 1. The molecule has 2 aromatic carbocycles. The predicted molar refractivity (Wildman–Crippen MR) is 79.2 cm³/mol.